The van der Waals surface area contributed by atoms with Gasteiger partial charge in [-0.05, 0) is 48.2 Å². The zero-order chi connectivity index (χ0) is 20.5. The molecule has 1 heterocycles. The number of nitrogens with zero attached hydrogens (tertiary/aromatic N) is 1. The lowest BCUT2D eigenvalue weighted by Gasteiger charge is -2.28. The van der Waals surface area contributed by atoms with Crippen LogP contribution < -0.4 is 10.6 Å². The molecule has 1 aliphatic rings. The van der Waals surface area contributed by atoms with Gasteiger partial charge in [-0.2, -0.15) is 0 Å². The van der Waals surface area contributed by atoms with Crippen LogP contribution in [0, 0.1) is 5.82 Å². The molecule has 0 saturated heterocycles. The summed E-state index contributed by atoms with van der Waals surface area (Å²) in [5.74, 6) is -0.196. The van der Waals surface area contributed by atoms with Gasteiger partial charge in [0.2, 0.25) is 11.8 Å². The van der Waals surface area contributed by atoms with Crippen molar-refractivity contribution in [2.24, 2.45) is 0 Å². The molecule has 0 bridgehead atoms. The highest BCUT2D eigenvalue weighted by atomic mass is 32.2. The minimum absolute atomic E-state index is 0.0615. The van der Waals surface area contributed by atoms with Crippen LogP contribution in [0.25, 0.3) is 0 Å². The maximum absolute atomic E-state index is 12.8. The molecule has 0 aliphatic carbocycles. The summed E-state index contributed by atoms with van der Waals surface area (Å²) in [7, 11) is 0. The predicted octanol–water partition coefficient (Wildman–Crippen LogP) is 3.06. The molecular weight excluding hydrogens is 389 g/mol. The number of thioether (sulfide) groups is 1. The van der Waals surface area contributed by atoms with Crippen LogP contribution in [-0.4, -0.2) is 47.9 Å². The Morgan fingerprint density at radius 3 is 2.52 bits per heavy atom. The van der Waals surface area contributed by atoms with Crippen molar-refractivity contribution in [2.45, 2.75) is 19.4 Å². The van der Waals surface area contributed by atoms with E-state index in [-0.39, 0.29) is 29.1 Å². The Labute approximate surface area is 175 Å². The van der Waals surface area contributed by atoms with Crippen molar-refractivity contribution >= 4 is 29.3 Å². The van der Waals surface area contributed by atoms with Crippen LogP contribution in [0.5, 0.6) is 0 Å². The van der Waals surface area contributed by atoms with E-state index in [9.17, 15) is 14.0 Å². The fraction of sp³-hybridized carbons (Fsp3) is 0.364. The third-order valence-electron chi connectivity index (χ3n) is 4.78. The summed E-state index contributed by atoms with van der Waals surface area (Å²) in [4.78, 5) is 26.2. The first-order chi connectivity index (χ1) is 14.1. The van der Waals surface area contributed by atoms with E-state index in [1.807, 2.05) is 0 Å². The third-order valence-corrected chi connectivity index (χ3v) is 5.71. The van der Waals surface area contributed by atoms with E-state index >= 15 is 0 Å². The smallest absolute Gasteiger partial charge is 0.234 e. The zero-order valence-corrected chi connectivity index (χ0v) is 17.1. The van der Waals surface area contributed by atoms with Crippen molar-refractivity contribution in [3.05, 3.63) is 65.5 Å². The second-order valence-corrected chi connectivity index (χ2v) is 8.03. The number of fused-ring (bicyclic) bond motifs is 1. The lowest BCUT2D eigenvalue weighted by Crippen LogP contribution is -2.34. The highest BCUT2D eigenvalue weighted by molar-refractivity contribution is 8.00. The Kier molecular flexibility index (Phi) is 8.07. The Morgan fingerprint density at radius 1 is 1.00 bits per heavy atom. The quantitative estimate of drug-likeness (QED) is 0.618. The molecule has 154 valence electrons. The number of hydrogen-bond donors (Lipinski definition) is 2. The van der Waals surface area contributed by atoms with E-state index in [4.69, 9.17) is 0 Å². The second kappa shape index (κ2) is 11.0. The van der Waals surface area contributed by atoms with Gasteiger partial charge in [0.25, 0.3) is 0 Å². The van der Waals surface area contributed by atoms with Gasteiger partial charge in [0.1, 0.15) is 5.82 Å². The first kappa shape index (κ1) is 21.3. The zero-order valence-electron chi connectivity index (χ0n) is 16.3. The highest BCUT2D eigenvalue weighted by Gasteiger charge is 2.15. The number of carbonyl (C=O) groups excluding carboxylic acids is 2. The van der Waals surface area contributed by atoms with Crippen molar-refractivity contribution in [3.63, 3.8) is 0 Å². The molecule has 7 heteroatoms. The van der Waals surface area contributed by atoms with Crippen molar-refractivity contribution < 1.29 is 14.0 Å². The van der Waals surface area contributed by atoms with Crippen molar-refractivity contribution in [1.29, 1.82) is 0 Å². The first-order valence-corrected chi connectivity index (χ1v) is 10.9. The molecule has 0 radical (unpaired) electrons. The Hall–Kier alpha value is -2.38. The summed E-state index contributed by atoms with van der Waals surface area (Å²) in [5, 5.41) is 5.59. The van der Waals surface area contributed by atoms with Crippen LogP contribution in [0.15, 0.2) is 48.5 Å². The molecule has 3 rings (SSSR count). The summed E-state index contributed by atoms with van der Waals surface area (Å²) in [5.41, 5.74) is 3.39. The largest absolute Gasteiger partial charge is 0.355 e. The van der Waals surface area contributed by atoms with Gasteiger partial charge in [0.05, 0.1) is 11.5 Å². The lowest BCUT2D eigenvalue weighted by atomic mass is 10.00. The van der Waals surface area contributed by atoms with E-state index in [0.717, 1.165) is 32.5 Å². The Bertz CT molecular complexity index is 829. The van der Waals surface area contributed by atoms with Crippen LogP contribution in [0.1, 0.15) is 17.5 Å². The van der Waals surface area contributed by atoms with E-state index in [1.165, 1.54) is 47.2 Å². The number of halogens is 1. The standard InChI is InChI=1S/C22H26FN3O2S/c23-19-6-8-20(9-7-19)25-22(28)16-29-15-21(27)24-11-3-12-26-13-10-17-4-1-2-5-18(17)14-26/h1-2,4-9H,3,10-16H2,(H,24,27)(H,25,28). The molecule has 0 unspecified atom stereocenters. The molecule has 0 aromatic heterocycles. The van der Waals surface area contributed by atoms with Crippen LogP contribution in [0.4, 0.5) is 10.1 Å². The first-order valence-electron chi connectivity index (χ1n) is 9.79. The minimum atomic E-state index is -0.348. The molecule has 29 heavy (non-hydrogen) atoms. The topological polar surface area (TPSA) is 61.4 Å². The molecule has 0 fully saturated rings. The van der Waals surface area contributed by atoms with Crippen molar-refractivity contribution in [3.8, 4) is 0 Å². The average molecular weight is 416 g/mol. The molecular formula is C22H26FN3O2S. The van der Waals surface area contributed by atoms with Crippen LogP contribution >= 0.6 is 11.8 Å². The molecule has 2 amide bonds. The molecule has 1 aliphatic heterocycles. The fourth-order valence-corrected chi connectivity index (χ4v) is 3.94. The van der Waals surface area contributed by atoms with E-state index < -0.39 is 0 Å². The SMILES string of the molecule is O=C(CSCC(=O)Nc1ccc(F)cc1)NCCCN1CCc2ccccc2C1. The molecule has 2 N–H and O–H groups in total. The van der Waals surface area contributed by atoms with Crippen LogP contribution in [-0.2, 0) is 22.6 Å². The lowest BCUT2D eigenvalue weighted by molar-refractivity contribution is -0.118. The normalized spacial score (nSPS) is 13.6. The van der Waals surface area contributed by atoms with E-state index in [1.54, 1.807) is 0 Å². The van der Waals surface area contributed by atoms with Gasteiger partial charge in [-0.25, -0.2) is 4.39 Å². The summed E-state index contributed by atoms with van der Waals surface area (Å²) in [6.45, 7) is 3.63. The summed E-state index contributed by atoms with van der Waals surface area (Å²) >= 11 is 1.26. The van der Waals surface area contributed by atoms with Gasteiger partial charge in [-0.15, -0.1) is 11.8 Å². The van der Waals surface area contributed by atoms with Gasteiger partial charge in [0, 0.05) is 31.9 Å². The number of carbonyl (C=O) groups is 2. The van der Waals surface area contributed by atoms with Crippen LogP contribution in [0.2, 0.25) is 0 Å². The molecule has 2 aromatic carbocycles. The number of rotatable bonds is 9. The molecule has 2 aromatic rings. The molecule has 0 atom stereocenters. The summed E-state index contributed by atoms with van der Waals surface area (Å²) < 4.78 is 12.8. The van der Waals surface area contributed by atoms with Gasteiger partial charge in [-0.1, -0.05) is 24.3 Å². The van der Waals surface area contributed by atoms with Gasteiger partial charge < -0.3 is 10.6 Å². The second-order valence-electron chi connectivity index (χ2n) is 7.05. The molecule has 0 saturated carbocycles. The minimum Gasteiger partial charge on any atom is -0.355 e. The number of amides is 2. The van der Waals surface area contributed by atoms with Crippen LogP contribution in [0.3, 0.4) is 0 Å². The van der Waals surface area contributed by atoms with Gasteiger partial charge in [-0.3, -0.25) is 14.5 Å². The maximum atomic E-state index is 12.8. The van der Waals surface area contributed by atoms with E-state index in [2.05, 4.69) is 39.8 Å². The highest BCUT2D eigenvalue weighted by Crippen LogP contribution is 2.18. The Balaban J connectivity index is 1.24. The number of benzene rings is 2. The fourth-order valence-electron chi connectivity index (χ4n) is 3.29. The van der Waals surface area contributed by atoms with E-state index in [0.29, 0.717) is 12.2 Å². The van der Waals surface area contributed by atoms with Gasteiger partial charge >= 0.3 is 0 Å². The predicted molar refractivity (Wildman–Crippen MR) is 115 cm³/mol. The number of anilines is 1. The molecule has 0 spiro atoms. The average Bonchev–Trinajstić information content (AvgIpc) is 2.73. The molecule has 5 nitrogen and oxygen atoms in total. The van der Waals surface area contributed by atoms with Crippen molar-refractivity contribution in [2.75, 3.05) is 36.5 Å². The maximum Gasteiger partial charge on any atom is 0.234 e. The Morgan fingerprint density at radius 2 is 1.72 bits per heavy atom. The third kappa shape index (κ3) is 7.18. The number of nitrogens with one attached hydrogen (secondary N) is 2. The monoisotopic (exact) mass is 415 g/mol. The summed E-state index contributed by atoms with van der Waals surface area (Å²) in [6, 6.07) is 14.2. The van der Waals surface area contributed by atoms with Gasteiger partial charge in [0.15, 0.2) is 0 Å². The number of hydrogen-bond acceptors (Lipinski definition) is 4. The summed E-state index contributed by atoms with van der Waals surface area (Å²) in [6.07, 6.45) is 1.99. The van der Waals surface area contributed by atoms with Crippen molar-refractivity contribution in [1.82, 2.24) is 10.2 Å².